The van der Waals surface area contributed by atoms with Crippen molar-refractivity contribution in [3.63, 3.8) is 0 Å². The Kier molecular flexibility index (Phi) is 7.34. The molecule has 0 radical (unpaired) electrons. The topological polar surface area (TPSA) is 117 Å². The standard InChI is InChI=1S/C20H26N4O4/c1-13-4-5-16(10-14(13)2)15(3)23-20(26)12-22-19-11-17(24(27)28)6-7-18(19)21-8-9-25/h4-7,10-11,15,21-22,25H,8-9,12H2,1-3H3,(H,23,26)/t15-/m1/s1. The van der Waals surface area contributed by atoms with Gasteiger partial charge in [0.15, 0.2) is 0 Å². The Morgan fingerprint density at radius 3 is 2.50 bits per heavy atom. The highest BCUT2D eigenvalue weighted by molar-refractivity contribution is 5.83. The summed E-state index contributed by atoms with van der Waals surface area (Å²) in [6.45, 7) is 6.15. The van der Waals surface area contributed by atoms with Crippen molar-refractivity contribution in [3.05, 3.63) is 63.2 Å². The highest BCUT2D eigenvalue weighted by Gasteiger charge is 2.14. The van der Waals surface area contributed by atoms with Crippen LogP contribution in [0.15, 0.2) is 36.4 Å². The minimum absolute atomic E-state index is 0.0375. The van der Waals surface area contributed by atoms with Crippen LogP contribution in [0.25, 0.3) is 0 Å². The Morgan fingerprint density at radius 2 is 1.86 bits per heavy atom. The second-order valence-corrected chi connectivity index (χ2v) is 6.62. The number of non-ortho nitro benzene ring substituents is 1. The van der Waals surface area contributed by atoms with Gasteiger partial charge in [-0.25, -0.2) is 0 Å². The molecule has 0 unspecified atom stereocenters. The van der Waals surface area contributed by atoms with E-state index < -0.39 is 4.92 Å². The number of carbonyl (C=O) groups is 1. The van der Waals surface area contributed by atoms with E-state index in [0.29, 0.717) is 17.9 Å². The first-order valence-corrected chi connectivity index (χ1v) is 9.05. The summed E-state index contributed by atoms with van der Waals surface area (Å²) in [7, 11) is 0. The lowest BCUT2D eigenvalue weighted by molar-refractivity contribution is -0.384. The number of aliphatic hydroxyl groups excluding tert-OH is 1. The van der Waals surface area contributed by atoms with Gasteiger partial charge in [0, 0.05) is 18.7 Å². The Balaban J connectivity index is 2.03. The molecule has 8 nitrogen and oxygen atoms in total. The largest absolute Gasteiger partial charge is 0.395 e. The van der Waals surface area contributed by atoms with Gasteiger partial charge in [0.25, 0.3) is 5.69 Å². The lowest BCUT2D eigenvalue weighted by Gasteiger charge is -2.17. The van der Waals surface area contributed by atoms with Gasteiger partial charge in [-0.3, -0.25) is 14.9 Å². The van der Waals surface area contributed by atoms with Crippen LogP contribution in [-0.4, -0.2) is 35.6 Å². The number of aryl methyl sites for hydroxylation is 2. The molecule has 0 saturated heterocycles. The molecule has 8 heteroatoms. The van der Waals surface area contributed by atoms with Gasteiger partial charge in [-0.05, 0) is 43.5 Å². The van der Waals surface area contributed by atoms with Gasteiger partial charge in [0.1, 0.15) is 0 Å². The van der Waals surface area contributed by atoms with E-state index in [9.17, 15) is 14.9 Å². The number of benzene rings is 2. The smallest absolute Gasteiger partial charge is 0.271 e. The molecule has 0 aliphatic rings. The summed E-state index contributed by atoms with van der Waals surface area (Å²) in [6, 6.07) is 10.2. The molecule has 0 heterocycles. The predicted octanol–water partition coefficient (Wildman–Crippen LogP) is 2.91. The number of aliphatic hydroxyl groups is 1. The zero-order valence-corrected chi connectivity index (χ0v) is 16.3. The Bertz CT molecular complexity index is 854. The molecule has 2 rings (SSSR count). The molecule has 1 amide bonds. The fourth-order valence-corrected chi connectivity index (χ4v) is 2.72. The minimum Gasteiger partial charge on any atom is -0.395 e. The third-order valence-corrected chi connectivity index (χ3v) is 4.49. The van der Waals surface area contributed by atoms with Gasteiger partial charge in [-0.1, -0.05) is 18.2 Å². The normalized spacial score (nSPS) is 11.6. The third-order valence-electron chi connectivity index (χ3n) is 4.49. The van der Waals surface area contributed by atoms with Gasteiger partial charge < -0.3 is 21.1 Å². The zero-order valence-electron chi connectivity index (χ0n) is 16.3. The van der Waals surface area contributed by atoms with Crippen molar-refractivity contribution in [1.29, 1.82) is 0 Å². The third kappa shape index (κ3) is 5.68. The molecule has 2 aromatic carbocycles. The number of hydrogen-bond donors (Lipinski definition) is 4. The second kappa shape index (κ2) is 9.70. The molecule has 1 atom stereocenters. The summed E-state index contributed by atoms with van der Waals surface area (Å²) >= 11 is 0. The molecule has 0 aliphatic heterocycles. The summed E-state index contributed by atoms with van der Waals surface area (Å²) in [5.41, 5.74) is 4.29. The number of nitro groups is 1. The molecule has 0 fully saturated rings. The fourth-order valence-electron chi connectivity index (χ4n) is 2.72. The van der Waals surface area contributed by atoms with Gasteiger partial charge in [0.05, 0.1) is 35.5 Å². The van der Waals surface area contributed by atoms with E-state index in [1.807, 2.05) is 39.0 Å². The van der Waals surface area contributed by atoms with Crippen molar-refractivity contribution in [2.24, 2.45) is 0 Å². The van der Waals surface area contributed by atoms with Crippen LogP contribution in [0.3, 0.4) is 0 Å². The second-order valence-electron chi connectivity index (χ2n) is 6.62. The number of nitrogens with zero attached hydrogens (tertiary/aromatic N) is 1. The molecule has 28 heavy (non-hydrogen) atoms. The Hall–Kier alpha value is -3.13. The van der Waals surface area contributed by atoms with Crippen molar-refractivity contribution in [1.82, 2.24) is 5.32 Å². The first-order valence-electron chi connectivity index (χ1n) is 9.05. The van der Waals surface area contributed by atoms with Crippen molar-refractivity contribution in [3.8, 4) is 0 Å². The van der Waals surface area contributed by atoms with E-state index in [1.165, 1.54) is 17.7 Å². The number of nitrogens with one attached hydrogen (secondary N) is 3. The highest BCUT2D eigenvalue weighted by atomic mass is 16.6. The van der Waals surface area contributed by atoms with E-state index in [0.717, 1.165) is 11.1 Å². The lowest BCUT2D eigenvalue weighted by atomic mass is 10.0. The SMILES string of the molecule is Cc1ccc([C@@H](C)NC(=O)CNc2cc([N+](=O)[O-])ccc2NCCO)cc1C. The van der Waals surface area contributed by atoms with E-state index >= 15 is 0 Å². The number of nitro benzene ring substituents is 1. The number of amides is 1. The molecule has 0 aliphatic carbocycles. The van der Waals surface area contributed by atoms with Crippen molar-refractivity contribution < 1.29 is 14.8 Å². The van der Waals surface area contributed by atoms with Crippen LogP contribution < -0.4 is 16.0 Å². The number of anilines is 2. The van der Waals surface area contributed by atoms with Crippen LogP contribution in [0.2, 0.25) is 0 Å². The maximum absolute atomic E-state index is 12.3. The van der Waals surface area contributed by atoms with Crippen molar-refractivity contribution in [2.45, 2.75) is 26.8 Å². The van der Waals surface area contributed by atoms with E-state index in [1.54, 1.807) is 6.07 Å². The van der Waals surface area contributed by atoms with Gasteiger partial charge in [-0.15, -0.1) is 0 Å². The first kappa shape index (κ1) is 21.2. The zero-order chi connectivity index (χ0) is 20.7. The number of carbonyl (C=O) groups excluding carboxylic acids is 1. The molecule has 150 valence electrons. The molecule has 0 saturated carbocycles. The summed E-state index contributed by atoms with van der Waals surface area (Å²) < 4.78 is 0. The van der Waals surface area contributed by atoms with E-state index in [4.69, 9.17) is 5.11 Å². The fraction of sp³-hybridized carbons (Fsp3) is 0.350. The average Bonchev–Trinajstić information content (AvgIpc) is 2.66. The monoisotopic (exact) mass is 386 g/mol. The summed E-state index contributed by atoms with van der Waals surface area (Å²) in [5.74, 6) is -0.231. The number of rotatable bonds is 9. The van der Waals surface area contributed by atoms with Crippen LogP contribution in [-0.2, 0) is 4.79 Å². The van der Waals surface area contributed by atoms with Crippen LogP contribution >= 0.6 is 0 Å². The maximum atomic E-state index is 12.3. The molecular weight excluding hydrogens is 360 g/mol. The van der Waals surface area contributed by atoms with Crippen molar-refractivity contribution in [2.75, 3.05) is 30.3 Å². The maximum Gasteiger partial charge on any atom is 0.271 e. The summed E-state index contributed by atoms with van der Waals surface area (Å²) in [5, 5.41) is 28.8. The highest BCUT2D eigenvalue weighted by Crippen LogP contribution is 2.27. The van der Waals surface area contributed by atoms with Crippen molar-refractivity contribution >= 4 is 23.0 Å². The van der Waals surface area contributed by atoms with Gasteiger partial charge in [0.2, 0.25) is 5.91 Å². The first-order chi connectivity index (χ1) is 13.3. The van der Waals surface area contributed by atoms with Gasteiger partial charge >= 0.3 is 0 Å². The van der Waals surface area contributed by atoms with Gasteiger partial charge in [-0.2, -0.15) is 0 Å². The Morgan fingerprint density at radius 1 is 1.11 bits per heavy atom. The summed E-state index contributed by atoms with van der Waals surface area (Å²) in [6.07, 6.45) is 0. The average molecular weight is 386 g/mol. The lowest BCUT2D eigenvalue weighted by Crippen LogP contribution is -2.32. The molecule has 0 spiro atoms. The number of hydrogen-bond acceptors (Lipinski definition) is 6. The molecule has 0 bridgehead atoms. The predicted molar refractivity (Wildman–Crippen MR) is 110 cm³/mol. The van der Waals surface area contributed by atoms with Crippen LogP contribution in [0.4, 0.5) is 17.1 Å². The van der Waals surface area contributed by atoms with Crippen LogP contribution in [0.5, 0.6) is 0 Å². The quantitative estimate of drug-likeness (QED) is 0.389. The van der Waals surface area contributed by atoms with E-state index in [2.05, 4.69) is 16.0 Å². The Labute approximate surface area is 164 Å². The molecule has 4 N–H and O–H groups in total. The minimum atomic E-state index is -0.497. The van der Waals surface area contributed by atoms with Crippen LogP contribution in [0, 0.1) is 24.0 Å². The summed E-state index contributed by atoms with van der Waals surface area (Å²) in [4.78, 5) is 22.8. The van der Waals surface area contributed by atoms with Crippen LogP contribution in [0.1, 0.15) is 29.7 Å². The molecule has 2 aromatic rings. The molecule has 0 aromatic heterocycles. The van der Waals surface area contributed by atoms with E-state index in [-0.39, 0.29) is 30.8 Å². The molecular formula is C20H26N4O4.